The molecule has 0 saturated heterocycles. The lowest BCUT2D eigenvalue weighted by atomic mass is 9.68. The fraction of sp³-hybridized carbons (Fsp3) is 0.545. The van der Waals surface area contributed by atoms with Gasteiger partial charge < -0.3 is 16.0 Å². The Morgan fingerprint density at radius 1 is 1.15 bits per heavy atom. The van der Waals surface area contributed by atoms with E-state index in [4.69, 9.17) is 17.3 Å². The molecule has 33 heavy (non-hydrogen) atoms. The molecule has 8 nitrogen and oxygen atoms in total. The monoisotopic (exact) mass is 514 g/mol. The molecular weight excluding hydrogens is 487 g/mol. The number of halogens is 3. The first-order valence-electron chi connectivity index (χ1n) is 11.0. The molecule has 0 radical (unpaired) electrons. The van der Waals surface area contributed by atoms with Gasteiger partial charge in [-0.1, -0.05) is 23.7 Å². The van der Waals surface area contributed by atoms with Crippen LogP contribution in [0.5, 0.6) is 0 Å². The Balaban J connectivity index is 0.00000153. The summed E-state index contributed by atoms with van der Waals surface area (Å²) in [5.74, 6) is 0.117. The second kappa shape index (κ2) is 10.2. The average molecular weight is 516 g/mol. The molecule has 0 unspecified atom stereocenters. The van der Waals surface area contributed by atoms with Crippen molar-refractivity contribution >= 4 is 48.2 Å². The Morgan fingerprint density at radius 2 is 1.88 bits per heavy atom. The van der Waals surface area contributed by atoms with Crippen LogP contribution in [0.25, 0.3) is 0 Å². The van der Waals surface area contributed by atoms with E-state index in [1.165, 1.54) is 5.56 Å². The number of rotatable bonds is 5. The summed E-state index contributed by atoms with van der Waals surface area (Å²) in [6.45, 7) is 1.65. The molecule has 180 valence electrons. The van der Waals surface area contributed by atoms with E-state index in [9.17, 15) is 9.59 Å². The van der Waals surface area contributed by atoms with Crippen molar-refractivity contribution in [1.82, 2.24) is 25.0 Å². The van der Waals surface area contributed by atoms with E-state index in [1.54, 1.807) is 4.57 Å². The van der Waals surface area contributed by atoms with Crippen LogP contribution in [0.4, 0.5) is 0 Å². The normalized spacial score (nSPS) is 24.4. The zero-order valence-electron chi connectivity index (χ0n) is 18.2. The third-order valence-electron chi connectivity index (χ3n) is 7.06. The van der Waals surface area contributed by atoms with Crippen LogP contribution in [-0.2, 0) is 12.0 Å². The highest BCUT2D eigenvalue weighted by molar-refractivity contribution is 6.30. The average Bonchev–Trinajstić information content (AvgIpc) is 3.48. The van der Waals surface area contributed by atoms with E-state index >= 15 is 0 Å². The van der Waals surface area contributed by atoms with Crippen molar-refractivity contribution in [3.05, 3.63) is 46.5 Å². The van der Waals surface area contributed by atoms with Gasteiger partial charge in [0.2, 0.25) is 11.6 Å². The van der Waals surface area contributed by atoms with Crippen molar-refractivity contribution in [1.29, 1.82) is 0 Å². The van der Waals surface area contributed by atoms with Gasteiger partial charge in [-0.05, 0) is 56.2 Å². The summed E-state index contributed by atoms with van der Waals surface area (Å²) in [4.78, 5) is 27.5. The van der Waals surface area contributed by atoms with Gasteiger partial charge in [0.25, 0.3) is 11.8 Å². The molecule has 2 saturated carbocycles. The first-order valence-corrected chi connectivity index (χ1v) is 11.4. The highest BCUT2D eigenvalue weighted by Gasteiger charge is 2.41. The van der Waals surface area contributed by atoms with Crippen LogP contribution < -0.4 is 11.1 Å². The summed E-state index contributed by atoms with van der Waals surface area (Å²) in [6.07, 6.45) is 5.55. The maximum atomic E-state index is 13.2. The largest absolute Gasteiger partial charge is 0.347 e. The van der Waals surface area contributed by atoms with Crippen LogP contribution in [0.15, 0.2) is 24.3 Å². The SMILES string of the molecule is Cl.Cl.NC[C@]1(c2cccc(Cl)c2)CC[C@H](N2CCn3c(C(=O)NC4CC4)nnc3C2=O)CC1. The number of nitrogens with one attached hydrogen (secondary N) is 1. The van der Waals surface area contributed by atoms with Gasteiger partial charge in [0.1, 0.15) is 0 Å². The summed E-state index contributed by atoms with van der Waals surface area (Å²) in [6, 6.07) is 8.34. The van der Waals surface area contributed by atoms with Crippen molar-refractivity contribution in [2.45, 2.75) is 62.6 Å². The number of fused-ring (bicyclic) bond motifs is 1. The van der Waals surface area contributed by atoms with Gasteiger partial charge in [-0.2, -0.15) is 0 Å². The number of amides is 2. The van der Waals surface area contributed by atoms with Crippen molar-refractivity contribution in [3.8, 4) is 0 Å². The van der Waals surface area contributed by atoms with Crippen LogP contribution in [-0.4, -0.2) is 56.7 Å². The Labute approximate surface area is 210 Å². The summed E-state index contributed by atoms with van der Waals surface area (Å²) in [5.41, 5.74) is 7.30. The predicted molar refractivity (Wildman–Crippen MR) is 130 cm³/mol. The second-order valence-corrected chi connectivity index (χ2v) is 9.41. The van der Waals surface area contributed by atoms with E-state index in [1.807, 2.05) is 23.1 Å². The molecule has 3 aliphatic rings. The lowest BCUT2D eigenvalue weighted by Gasteiger charge is -2.44. The summed E-state index contributed by atoms with van der Waals surface area (Å²) in [7, 11) is 0. The standard InChI is InChI=1S/C22H27ClN6O2.2ClH/c23-15-3-1-2-14(12-15)22(13-24)8-6-17(7-9-22)28-10-11-29-18(20(30)25-16-4-5-16)26-27-19(29)21(28)31;;/h1-3,12,16-17H,4-11,13,24H2,(H,25,30);2*1H/t17-,22-;;. The van der Waals surface area contributed by atoms with Gasteiger partial charge in [0.05, 0.1) is 0 Å². The Hall–Kier alpha value is -1.87. The number of carbonyl (C=O) groups excluding carboxylic acids is 2. The van der Waals surface area contributed by atoms with Crippen LogP contribution in [0.2, 0.25) is 5.02 Å². The Morgan fingerprint density at radius 3 is 2.52 bits per heavy atom. The summed E-state index contributed by atoms with van der Waals surface area (Å²) >= 11 is 6.22. The molecule has 0 atom stereocenters. The third kappa shape index (κ3) is 4.85. The number of hydrogen-bond donors (Lipinski definition) is 2. The number of nitrogens with zero attached hydrogens (tertiary/aromatic N) is 4. The molecule has 2 aromatic rings. The number of aromatic nitrogens is 3. The zero-order chi connectivity index (χ0) is 21.6. The van der Waals surface area contributed by atoms with Crippen LogP contribution in [0.1, 0.15) is 65.3 Å². The van der Waals surface area contributed by atoms with Crippen LogP contribution in [0, 0.1) is 0 Å². The number of nitrogens with two attached hydrogens (primary N) is 1. The number of hydrogen-bond acceptors (Lipinski definition) is 5. The minimum absolute atomic E-state index is 0. The van der Waals surface area contributed by atoms with Gasteiger partial charge in [-0.25, -0.2) is 0 Å². The molecule has 2 heterocycles. The number of benzene rings is 1. The highest BCUT2D eigenvalue weighted by atomic mass is 35.5. The maximum Gasteiger partial charge on any atom is 0.292 e. The van der Waals surface area contributed by atoms with Gasteiger partial charge in [0.15, 0.2) is 0 Å². The fourth-order valence-electron chi connectivity index (χ4n) is 5.00. The second-order valence-electron chi connectivity index (χ2n) is 8.97. The topological polar surface area (TPSA) is 106 Å². The molecule has 1 aromatic heterocycles. The molecule has 11 heteroatoms. The quantitative estimate of drug-likeness (QED) is 0.637. The zero-order valence-corrected chi connectivity index (χ0v) is 20.6. The summed E-state index contributed by atoms with van der Waals surface area (Å²) < 4.78 is 1.66. The van der Waals surface area contributed by atoms with Gasteiger partial charge in [0, 0.05) is 42.2 Å². The minimum atomic E-state index is -0.241. The van der Waals surface area contributed by atoms with Gasteiger partial charge >= 0.3 is 0 Å². The van der Waals surface area contributed by atoms with Crippen molar-refractivity contribution in [2.75, 3.05) is 13.1 Å². The van der Waals surface area contributed by atoms with Gasteiger partial charge in [-0.3, -0.25) is 14.2 Å². The van der Waals surface area contributed by atoms with Crippen LogP contribution in [0.3, 0.4) is 0 Å². The van der Waals surface area contributed by atoms with E-state index in [0.717, 1.165) is 43.5 Å². The number of carbonyl (C=O) groups is 2. The maximum absolute atomic E-state index is 13.2. The highest BCUT2D eigenvalue weighted by Crippen LogP contribution is 2.41. The molecule has 0 spiro atoms. The lowest BCUT2D eigenvalue weighted by Crippen LogP contribution is -2.51. The predicted octanol–water partition coefficient (Wildman–Crippen LogP) is 2.96. The molecule has 5 rings (SSSR count). The first kappa shape index (κ1) is 25.7. The van der Waals surface area contributed by atoms with Crippen molar-refractivity contribution < 1.29 is 9.59 Å². The van der Waals surface area contributed by atoms with E-state index < -0.39 is 0 Å². The molecular formula is C22H29Cl3N6O2. The Kier molecular flexibility index (Phi) is 7.94. The van der Waals surface area contributed by atoms with Crippen molar-refractivity contribution in [3.63, 3.8) is 0 Å². The Bertz CT molecular complexity index is 1020. The van der Waals surface area contributed by atoms with E-state index in [-0.39, 0.29) is 65.8 Å². The fourth-order valence-corrected chi connectivity index (χ4v) is 5.19. The molecule has 2 aliphatic carbocycles. The van der Waals surface area contributed by atoms with Crippen molar-refractivity contribution in [2.24, 2.45) is 5.73 Å². The molecule has 2 fully saturated rings. The molecule has 2 amide bonds. The molecule has 1 aliphatic heterocycles. The van der Waals surface area contributed by atoms with E-state index in [2.05, 4.69) is 21.6 Å². The summed E-state index contributed by atoms with van der Waals surface area (Å²) in [5, 5.41) is 11.7. The smallest absolute Gasteiger partial charge is 0.292 e. The third-order valence-corrected chi connectivity index (χ3v) is 7.30. The van der Waals surface area contributed by atoms with Gasteiger partial charge in [-0.15, -0.1) is 35.0 Å². The lowest BCUT2D eigenvalue weighted by molar-refractivity contribution is 0.0521. The molecule has 3 N–H and O–H groups in total. The molecule has 0 bridgehead atoms. The minimum Gasteiger partial charge on any atom is -0.347 e. The first-order chi connectivity index (χ1) is 15.0. The van der Waals surface area contributed by atoms with E-state index in [0.29, 0.717) is 19.6 Å². The van der Waals surface area contributed by atoms with Crippen LogP contribution >= 0.6 is 36.4 Å². The molecule has 1 aromatic carbocycles.